The Morgan fingerprint density at radius 3 is 1.88 bits per heavy atom. The summed E-state index contributed by atoms with van der Waals surface area (Å²) >= 11 is 0. The fourth-order valence-corrected chi connectivity index (χ4v) is 5.25. The van der Waals surface area contributed by atoms with Crippen LogP contribution in [0.2, 0.25) is 0 Å². The number of azo groups is 2. The van der Waals surface area contributed by atoms with Gasteiger partial charge in [-0.3, -0.25) is 20.2 Å². The van der Waals surface area contributed by atoms with Crippen LogP contribution in [0.1, 0.15) is 0 Å². The average molecular weight is 763 g/mol. The van der Waals surface area contributed by atoms with Gasteiger partial charge in [-0.2, -0.15) is 5.11 Å². The van der Waals surface area contributed by atoms with Crippen molar-refractivity contribution in [3.63, 3.8) is 0 Å². The summed E-state index contributed by atoms with van der Waals surface area (Å²) in [4.78, 5) is 19.0. The van der Waals surface area contributed by atoms with E-state index in [1.54, 1.807) is 12.1 Å². The molecule has 52 heavy (non-hydrogen) atoms. The summed E-state index contributed by atoms with van der Waals surface area (Å²) < 4.78 is 34.7. The van der Waals surface area contributed by atoms with Crippen LogP contribution in [0.5, 0.6) is 23.0 Å². The number of rotatable bonds is 7. The molecule has 0 bridgehead atoms. The van der Waals surface area contributed by atoms with Gasteiger partial charge in [-0.15, -0.1) is 15.3 Å². The number of phenols is 2. The third-order valence-corrected chi connectivity index (χ3v) is 7.89. The third-order valence-electron chi connectivity index (χ3n) is 7.04. The van der Waals surface area contributed by atoms with Gasteiger partial charge in [-0.05, 0) is 52.6 Å². The summed E-state index contributed by atoms with van der Waals surface area (Å²) in [6, 6.07) is 21.8. The number of nitro groups is 2. The molecule has 0 unspecified atom stereocenters. The van der Waals surface area contributed by atoms with Crippen molar-refractivity contribution >= 4 is 71.5 Å². The summed E-state index contributed by atoms with van der Waals surface area (Å²) in [6.45, 7) is 0. The van der Waals surface area contributed by atoms with E-state index in [0.717, 1.165) is 29.7 Å². The number of phenolic OH excluding ortho intramolecular Hbond substituents is 2. The maximum Gasteiger partial charge on any atom is 3.00 e. The minimum Gasteiger partial charge on any atom is -0.871 e. The first-order chi connectivity index (χ1) is 24.1. The predicted octanol–water partition coefficient (Wildman–Crippen LogP) is 6.37. The second-order valence-electron chi connectivity index (χ2n) is 10.4. The van der Waals surface area contributed by atoms with E-state index in [1.165, 1.54) is 36.4 Å². The van der Waals surface area contributed by atoms with Crippen LogP contribution in [-0.2, 0) is 27.5 Å². The molecule has 0 saturated carbocycles. The van der Waals surface area contributed by atoms with Gasteiger partial charge < -0.3 is 30.7 Å². The molecule has 20 heteroatoms. The van der Waals surface area contributed by atoms with Crippen molar-refractivity contribution in [1.29, 1.82) is 0 Å². The molecule has 0 aromatic heterocycles. The van der Waals surface area contributed by atoms with Crippen LogP contribution >= 0.6 is 0 Å². The molecule has 0 saturated heterocycles. The van der Waals surface area contributed by atoms with Crippen LogP contribution in [0.3, 0.4) is 0 Å². The standard InChI is InChI=1S/C16H12N4O7S.C16H11N3O4.Cr/c17-9-1-3-11-8(5-9)6-14(28(25,26)27)15(16(11)22)19-18-12-4-2-10(20(23)24)7-13(12)21;20-14-8-5-10-3-1-2-4-12(10)16(14)18-17-13-7-6-11(19(22)23)9-15(13)21;/h1-7,21-22H,17H2,(H,25,26,27);1-9,20-21H;/q;;+3/p-3. The Labute approximate surface area is 302 Å². The van der Waals surface area contributed by atoms with Crippen molar-refractivity contribution in [1.82, 2.24) is 0 Å². The third kappa shape index (κ3) is 8.35. The van der Waals surface area contributed by atoms with E-state index in [0.29, 0.717) is 11.5 Å². The number of benzene rings is 6. The van der Waals surface area contributed by atoms with E-state index in [4.69, 9.17) is 5.73 Å². The molecule has 0 fully saturated rings. The van der Waals surface area contributed by atoms with E-state index in [2.05, 4.69) is 20.5 Å². The van der Waals surface area contributed by atoms with Gasteiger partial charge in [0.05, 0.1) is 32.2 Å². The summed E-state index contributed by atoms with van der Waals surface area (Å²) in [5.41, 5.74) is 4.32. The van der Waals surface area contributed by atoms with Crippen LogP contribution in [-0.4, -0.2) is 33.0 Å². The van der Waals surface area contributed by atoms with Crippen molar-refractivity contribution in [3.8, 4) is 23.0 Å². The largest absolute Gasteiger partial charge is 3.00 e. The molecule has 18 nitrogen and oxygen atoms in total. The number of nitro benzene ring substituents is 2. The van der Waals surface area contributed by atoms with Gasteiger partial charge in [0.2, 0.25) is 0 Å². The number of nitrogens with zero attached hydrogens (tertiary/aromatic N) is 6. The van der Waals surface area contributed by atoms with Gasteiger partial charge >= 0.3 is 17.4 Å². The second-order valence-corrected chi connectivity index (χ2v) is 11.7. The normalized spacial score (nSPS) is 11.3. The van der Waals surface area contributed by atoms with E-state index in [1.807, 2.05) is 18.2 Å². The van der Waals surface area contributed by atoms with Crippen molar-refractivity contribution < 1.29 is 60.6 Å². The smallest absolute Gasteiger partial charge is 0.871 e. The summed E-state index contributed by atoms with van der Waals surface area (Å²) in [6.07, 6.45) is 0. The Morgan fingerprint density at radius 1 is 0.635 bits per heavy atom. The molecule has 4 N–H and O–H groups in total. The number of anilines is 1. The maximum absolute atomic E-state index is 12.6. The Morgan fingerprint density at radius 2 is 1.25 bits per heavy atom. The summed E-state index contributed by atoms with van der Waals surface area (Å²) in [5.74, 6) is -2.17. The Kier molecular flexibility index (Phi) is 11.3. The van der Waals surface area contributed by atoms with Crippen molar-refractivity contribution in [3.05, 3.63) is 117 Å². The van der Waals surface area contributed by atoms with Crippen molar-refractivity contribution in [2.75, 3.05) is 5.73 Å². The molecule has 261 valence electrons. The number of fused-ring (bicyclic) bond motifs is 2. The van der Waals surface area contributed by atoms with Crippen molar-refractivity contribution in [2.24, 2.45) is 20.5 Å². The molecule has 1 radical (unpaired) electrons. The molecule has 6 aromatic carbocycles. The molecule has 0 aliphatic carbocycles. The second kappa shape index (κ2) is 15.4. The van der Waals surface area contributed by atoms with Crippen LogP contribution in [0.15, 0.2) is 122 Å². The predicted molar refractivity (Wildman–Crippen MR) is 177 cm³/mol. The van der Waals surface area contributed by atoms with Crippen LogP contribution in [0, 0.1) is 20.2 Å². The van der Waals surface area contributed by atoms with Gasteiger partial charge in [0.1, 0.15) is 33.0 Å². The Bertz CT molecular complexity index is 2550. The first kappa shape index (κ1) is 38.1. The quantitative estimate of drug-likeness (QED) is 0.0525. The Hall–Kier alpha value is -6.72. The van der Waals surface area contributed by atoms with Crippen LogP contribution in [0.4, 0.5) is 39.8 Å². The average Bonchev–Trinajstić information content (AvgIpc) is 3.08. The molecular weight excluding hydrogens is 742 g/mol. The van der Waals surface area contributed by atoms with Crippen molar-refractivity contribution in [2.45, 2.75) is 4.90 Å². The number of hydrogen-bond donors (Lipinski definition) is 3. The zero-order valence-corrected chi connectivity index (χ0v) is 28.0. The molecule has 6 aromatic rings. The molecular formula is C32H20CrN7O11S. The molecule has 0 spiro atoms. The number of non-ortho nitro benzene ring substituents is 2. The molecule has 0 amide bonds. The van der Waals surface area contributed by atoms with Gasteiger partial charge in [0.15, 0.2) is 0 Å². The number of nitrogen functional groups attached to an aromatic ring is 1. The maximum atomic E-state index is 12.6. The number of aromatic hydroxyl groups is 2. The first-order valence-electron chi connectivity index (χ1n) is 14.1. The molecule has 0 atom stereocenters. The number of nitrogens with two attached hydrogens (primary N) is 1. The first-order valence-corrected chi connectivity index (χ1v) is 15.5. The minimum absolute atomic E-state index is 0. The fraction of sp³-hybridized carbons (Fsp3) is 0. The summed E-state index contributed by atoms with van der Waals surface area (Å²) in [5, 5.41) is 82.1. The monoisotopic (exact) mass is 762 g/mol. The molecule has 0 aliphatic rings. The summed E-state index contributed by atoms with van der Waals surface area (Å²) in [7, 11) is -5.10. The van der Waals surface area contributed by atoms with Gasteiger partial charge in [0, 0.05) is 29.3 Å². The van der Waals surface area contributed by atoms with Crippen LogP contribution < -0.4 is 15.9 Å². The van der Waals surface area contributed by atoms with E-state index < -0.39 is 47.7 Å². The topological polar surface area (TPSA) is 306 Å². The zero-order chi connectivity index (χ0) is 37.0. The fourth-order valence-electron chi connectivity index (χ4n) is 4.61. The molecule has 0 aliphatic heterocycles. The van der Waals surface area contributed by atoms with Gasteiger partial charge in [-0.25, -0.2) is 8.42 Å². The van der Waals surface area contributed by atoms with Crippen LogP contribution in [0.25, 0.3) is 21.5 Å². The minimum atomic E-state index is -5.10. The molecule has 6 rings (SSSR count). The van der Waals surface area contributed by atoms with E-state index >= 15 is 0 Å². The van der Waals surface area contributed by atoms with E-state index in [-0.39, 0.29) is 68.1 Å². The number of hydrogen-bond acceptors (Lipinski definition) is 16. The zero-order valence-electron chi connectivity index (χ0n) is 25.9. The van der Waals surface area contributed by atoms with E-state index in [9.17, 15) is 53.6 Å². The van der Waals surface area contributed by atoms with Gasteiger partial charge in [-0.1, -0.05) is 47.9 Å². The molecule has 0 heterocycles. The van der Waals surface area contributed by atoms with Gasteiger partial charge in [0.25, 0.3) is 11.4 Å². The Balaban J connectivity index is 0.000000232. The SMILES string of the molecule is Nc1ccc2c([O-])c(N=Nc3ccc([N+](=O)[O-])cc3[O-])c(S(=O)(=O)[O-])cc2c1.O=[N+]([O-])c1ccc(N=Nc2c(O)ccc3ccccc23)c(O)c1.[Cr+3].